The SMILES string of the molecule is COc1cc(NS(=O)(=O)c2ccc(NC(=O)Cn3nc(C(F)F)c(Br)c3C)cc2)nc(OC)n1. The number of rotatable bonds is 9. The Labute approximate surface area is 201 Å². The van der Waals surface area contributed by atoms with E-state index in [0.29, 0.717) is 11.4 Å². The van der Waals surface area contributed by atoms with E-state index in [1.54, 1.807) is 6.92 Å². The first-order valence-electron chi connectivity index (χ1n) is 9.44. The van der Waals surface area contributed by atoms with Gasteiger partial charge in [0.25, 0.3) is 16.4 Å². The Balaban J connectivity index is 1.70. The van der Waals surface area contributed by atoms with Gasteiger partial charge in [-0.25, -0.2) is 17.2 Å². The van der Waals surface area contributed by atoms with Crippen LogP contribution in [0.15, 0.2) is 39.7 Å². The second-order valence-electron chi connectivity index (χ2n) is 6.70. The van der Waals surface area contributed by atoms with Crippen LogP contribution in [0.3, 0.4) is 0 Å². The monoisotopic (exact) mass is 560 g/mol. The van der Waals surface area contributed by atoms with E-state index in [1.165, 1.54) is 44.6 Å². The highest BCUT2D eigenvalue weighted by atomic mass is 79.9. The van der Waals surface area contributed by atoms with E-state index in [9.17, 15) is 22.0 Å². The van der Waals surface area contributed by atoms with Crippen molar-refractivity contribution in [2.24, 2.45) is 0 Å². The first-order chi connectivity index (χ1) is 16.0. The zero-order valence-corrected chi connectivity index (χ0v) is 20.4. The minimum Gasteiger partial charge on any atom is -0.481 e. The molecule has 34 heavy (non-hydrogen) atoms. The molecule has 1 aromatic carbocycles. The highest BCUT2D eigenvalue weighted by molar-refractivity contribution is 9.10. The van der Waals surface area contributed by atoms with Gasteiger partial charge in [-0.15, -0.1) is 0 Å². The van der Waals surface area contributed by atoms with Crippen LogP contribution in [0.1, 0.15) is 17.8 Å². The summed E-state index contributed by atoms with van der Waals surface area (Å²) < 4.78 is 64.8. The first-order valence-corrected chi connectivity index (χ1v) is 11.7. The Morgan fingerprint density at radius 3 is 2.41 bits per heavy atom. The topological polar surface area (TPSA) is 137 Å². The van der Waals surface area contributed by atoms with E-state index < -0.39 is 28.0 Å². The number of sulfonamides is 1. The average molecular weight is 561 g/mol. The summed E-state index contributed by atoms with van der Waals surface area (Å²) in [5.74, 6) is -0.499. The molecule has 1 amide bonds. The van der Waals surface area contributed by atoms with E-state index in [-0.39, 0.29) is 33.6 Å². The fourth-order valence-corrected chi connectivity index (χ4v) is 4.19. The molecule has 182 valence electrons. The lowest BCUT2D eigenvalue weighted by Crippen LogP contribution is -2.20. The molecule has 2 aromatic heterocycles. The van der Waals surface area contributed by atoms with Crippen LogP contribution < -0.4 is 19.5 Å². The molecule has 0 aliphatic rings. The van der Waals surface area contributed by atoms with Gasteiger partial charge in [0.2, 0.25) is 11.8 Å². The molecule has 0 aliphatic heterocycles. The van der Waals surface area contributed by atoms with Crippen molar-refractivity contribution >= 4 is 43.4 Å². The van der Waals surface area contributed by atoms with E-state index in [4.69, 9.17) is 9.47 Å². The van der Waals surface area contributed by atoms with Gasteiger partial charge in [0.15, 0.2) is 5.82 Å². The summed E-state index contributed by atoms with van der Waals surface area (Å²) in [7, 11) is -1.35. The number of aromatic nitrogens is 4. The number of anilines is 2. The highest BCUT2D eigenvalue weighted by Crippen LogP contribution is 2.29. The van der Waals surface area contributed by atoms with Crippen LogP contribution >= 0.6 is 15.9 Å². The van der Waals surface area contributed by atoms with Crippen molar-refractivity contribution < 1.29 is 31.5 Å². The molecule has 11 nitrogen and oxygen atoms in total. The number of halogens is 3. The molecule has 0 bridgehead atoms. The molecule has 0 fully saturated rings. The second kappa shape index (κ2) is 10.3. The summed E-state index contributed by atoms with van der Waals surface area (Å²) in [6, 6.07) is 6.50. The average Bonchev–Trinajstić information content (AvgIpc) is 3.07. The van der Waals surface area contributed by atoms with E-state index in [0.717, 1.165) is 4.68 Å². The molecule has 3 rings (SSSR count). The van der Waals surface area contributed by atoms with Crippen molar-refractivity contribution in [2.45, 2.75) is 24.8 Å². The van der Waals surface area contributed by atoms with Crippen LogP contribution in [0.25, 0.3) is 0 Å². The van der Waals surface area contributed by atoms with Crippen LogP contribution in [0.2, 0.25) is 0 Å². The van der Waals surface area contributed by atoms with Crippen molar-refractivity contribution in [1.29, 1.82) is 0 Å². The minimum atomic E-state index is -4.03. The Kier molecular flexibility index (Phi) is 7.66. The van der Waals surface area contributed by atoms with Crippen molar-refractivity contribution in [2.75, 3.05) is 24.3 Å². The van der Waals surface area contributed by atoms with Crippen LogP contribution in [0.5, 0.6) is 11.9 Å². The predicted molar refractivity (Wildman–Crippen MR) is 121 cm³/mol. The van der Waals surface area contributed by atoms with E-state index in [1.807, 2.05) is 0 Å². The summed E-state index contributed by atoms with van der Waals surface area (Å²) in [5.41, 5.74) is 0.217. The molecular weight excluding hydrogens is 542 g/mol. The molecule has 0 saturated carbocycles. The third-order valence-electron chi connectivity index (χ3n) is 4.42. The zero-order chi connectivity index (χ0) is 25.0. The van der Waals surface area contributed by atoms with E-state index >= 15 is 0 Å². The van der Waals surface area contributed by atoms with Gasteiger partial charge in [0.05, 0.1) is 29.3 Å². The minimum absolute atomic E-state index is 0.0648. The number of benzene rings is 1. The number of amides is 1. The molecule has 0 unspecified atom stereocenters. The number of methoxy groups -OCH3 is 2. The van der Waals surface area contributed by atoms with Gasteiger partial charge in [-0.1, -0.05) is 0 Å². The largest absolute Gasteiger partial charge is 0.481 e. The van der Waals surface area contributed by atoms with E-state index in [2.05, 4.69) is 41.0 Å². The number of carbonyl (C=O) groups is 1. The van der Waals surface area contributed by atoms with Crippen LogP contribution in [-0.2, 0) is 21.4 Å². The quantitative estimate of drug-likeness (QED) is 0.407. The summed E-state index contributed by atoms with van der Waals surface area (Å²) in [4.78, 5) is 20.0. The molecule has 0 saturated heterocycles. The van der Waals surface area contributed by atoms with Crippen LogP contribution in [0.4, 0.5) is 20.3 Å². The number of hydrogen-bond acceptors (Lipinski definition) is 8. The molecule has 0 spiro atoms. The normalized spacial score (nSPS) is 11.4. The lowest BCUT2D eigenvalue weighted by atomic mass is 10.3. The smallest absolute Gasteiger partial charge is 0.321 e. The van der Waals surface area contributed by atoms with Gasteiger partial charge < -0.3 is 14.8 Å². The molecule has 15 heteroatoms. The fourth-order valence-electron chi connectivity index (χ4n) is 2.74. The summed E-state index contributed by atoms with van der Waals surface area (Å²) >= 11 is 3.04. The Morgan fingerprint density at radius 1 is 1.18 bits per heavy atom. The number of nitrogens with zero attached hydrogens (tertiary/aromatic N) is 4. The second-order valence-corrected chi connectivity index (χ2v) is 9.18. The molecule has 2 N–H and O–H groups in total. The first kappa shape index (κ1) is 25.3. The van der Waals surface area contributed by atoms with Crippen molar-refractivity contribution in [1.82, 2.24) is 19.7 Å². The van der Waals surface area contributed by atoms with Gasteiger partial charge in [-0.05, 0) is 47.1 Å². The van der Waals surface area contributed by atoms with Crippen molar-refractivity contribution in [3.63, 3.8) is 0 Å². The third-order valence-corrected chi connectivity index (χ3v) is 6.77. The fraction of sp³-hybridized carbons (Fsp3) is 0.263. The molecule has 0 atom stereocenters. The molecule has 0 aliphatic carbocycles. The summed E-state index contributed by atoms with van der Waals surface area (Å²) in [6.07, 6.45) is -2.79. The number of nitrogens with one attached hydrogen (secondary N) is 2. The highest BCUT2D eigenvalue weighted by Gasteiger charge is 2.21. The van der Waals surface area contributed by atoms with Gasteiger partial charge in [-0.3, -0.25) is 14.2 Å². The number of carbonyl (C=O) groups excluding carboxylic acids is 1. The van der Waals surface area contributed by atoms with Crippen LogP contribution in [0, 0.1) is 6.92 Å². The predicted octanol–water partition coefficient (Wildman–Crippen LogP) is 3.14. The summed E-state index contributed by atoms with van der Waals surface area (Å²) in [6.45, 7) is 1.24. The molecular formula is C19H19BrF2N6O5S. The molecule has 2 heterocycles. The standard InChI is InChI=1S/C19H19BrF2N6O5S/c1-10-16(20)17(18(21)22)26-28(10)9-14(29)23-11-4-6-12(7-5-11)34(30,31)27-13-8-15(32-2)25-19(24-13)33-3/h4-8,18H,9H2,1-3H3,(H,23,29)(H,24,25,27). The van der Waals surface area contributed by atoms with Gasteiger partial charge in [0.1, 0.15) is 12.2 Å². The Bertz CT molecular complexity index is 1280. The maximum atomic E-state index is 13.0. The third kappa shape index (κ3) is 5.77. The maximum Gasteiger partial charge on any atom is 0.321 e. The molecule has 0 radical (unpaired) electrons. The zero-order valence-electron chi connectivity index (χ0n) is 18.0. The van der Waals surface area contributed by atoms with Gasteiger partial charge >= 0.3 is 6.01 Å². The maximum absolute atomic E-state index is 13.0. The van der Waals surface area contributed by atoms with Crippen LogP contribution in [-0.4, -0.2) is 48.3 Å². The Morgan fingerprint density at radius 2 is 1.85 bits per heavy atom. The summed E-state index contributed by atoms with van der Waals surface area (Å²) in [5, 5.41) is 6.31. The van der Waals surface area contributed by atoms with Crippen molar-refractivity contribution in [3.05, 3.63) is 46.2 Å². The lowest BCUT2D eigenvalue weighted by Gasteiger charge is -2.11. The number of ether oxygens (including phenoxy) is 2. The number of alkyl halides is 2. The Hall–Kier alpha value is -3.33. The van der Waals surface area contributed by atoms with Crippen molar-refractivity contribution in [3.8, 4) is 11.9 Å². The van der Waals surface area contributed by atoms with Gasteiger partial charge in [-0.2, -0.15) is 15.1 Å². The molecule has 3 aromatic rings. The number of hydrogen-bond donors (Lipinski definition) is 2. The lowest BCUT2D eigenvalue weighted by molar-refractivity contribution is -0.117. The van der Waals surface area contributed by atoms with Gasteiger partial charge in [0, 0.05) is 11.8 Å².